The number of aliphatic hydroxyl groups is 1. The van der Waals surface area contributed by atoms with Gasteiger partial charge in [-0.1, -0.05) is 25.5 Å². The van der Waals surface area contributed by atoms with E-state index in [0.717, 1.165) is 0 Å². The molecule has 4 heteroatoms. The third kappa shape index (κ3) is 3.23. The van der Waals surface area contributed by atoms with E-state index in [9.17, 15) is 9.90 Å². The van der Waals surface area contributed by atoms with Crippen molar-refractivity contribution in [1.29, 1.82) is 0 Å². The van der Waals surface area contributed by atoms with Gasteiger partial charge < -0.3 is 15.2 Å². The molecule has 1 heterocycles. The van der Waals surface area contributed by atoms with E-state index in [1.54, 1.807) is 0 Å². The summed E-state index contributed by atoms with van der Waals surface area (Å²) in [5.74, 6) is 0.412. The van der Waals surface area contributed by atoms with Gasteiger partial charge in [0.05, 0.1) is 11.5 Å². The Hall–Kier alpha value is -0.870. The Morgan fingerprint density at radius 1 is 1.35 bits per heavy atom. The van der Waals surface area contributed by atoms with E-state index >= 15 is 0 Å². The minimum Gasteiger partial charge on any atom is -0.388 e. The van der Waals surface area contributed by atoms with E-state index in [4.69, 9.17) is 4.74 Å². The first-order chi connectivity index (χ1) is 9.26. The van der Waals surface area contributed by atoms with Crippen LogP contribution in [0.1, 0.15) is 40.5 Å². The van der Waals surface area contributed by atoms with E-state index in [1.807, 2.05) is 0 Å². The van der Waals surface area contributed by atoms with Crippen LogP contribution in [0.5, 0.6) is 0 Å². The highest BCUT2D eigenvalue weighted by Crippen LogP contribution is 2.59. The van der Waals surface area contributed by atoms with Crippen LogP contribution in [0.3, 0.4) is 0 Å². The van der Waals surface area contributed by atoms with Crippen molar-refractivity contribution in [3.05, 3.63) is 11.6 Å². The van der Waals surface area contributed by atoms with Gasteiger partial charge in [0, 0.05) is 32.6 Å². The topological polar surface area (TPSA) is 58.6 Å². The third-order valence-electron chi connectivity index (χ3n) is 4.72. The van der Waals surface area contributed by atoms with Crippen molar-refractivity contribution >= 4 is 5.91 Å². The second kappa shape index (κ2) is 5.49. The summed E-state index contributed by atoms with van der Waals surface area (Å²) in [5, 5.41) is 13.3. The lowest BCUT2D eigenvalue weighted by atomic mass is 9.94. The van der Waals surface area contributed by atoms with Crippen LogP contribution >= 0.6 is 0 Å². The molecule has 2 atom stereocenters. The summed E-state index contributed by atoms with van der Waals surface area (Å²) >= 11 is 0. The summed E-state index contributed by atoms with van der Waals surface area (Å²) < 4.78 is 5.24. The summed E-state index contributed by atoms with van der Waals surface area (Å²) in [4.78, 5) is 12.3. The van der Waals surface area contributed by atoms with Gasteiger partial charge in [0.1, 0.15) is 0 Å². The lowest BCUT2D eigenvalue weighted by Crippen LogP contribution is -2.47. The van der Waals surface area contributed by atoms with Gasteiger partial charge in [0.2, 0.25) is 5.91 Å². The maximum atomic E-state index is 12.3. The number of ether oxygens (including phenoxy) is 1. The number of nitrogens with one attached hydrogen (secondary N) is 1. The Morgan fingerprint density at radius 2 is 1.95 bits per heavy atom. The highest BCUT2D eigenvalue weighted by atomic mass is 16.5. The molecule has 0 aromatic carbocycles. The SMILES string of the molecule is CC(C)=C[C@H]1[C@H](C(=O)NCC2(O)CCOCC2)C1(C)C. The van der Waals surface area contributed by atoms with Crippen molar-refractivity contribution in [3.8, 4) is 0 Å². The molecular weight excluding hydrogens is 254 g/mol. The molecule has 0 spiro atoms. The van der Waals surface area contributed by atoms with Crippen molar-refractivity contribution in [2.24, 2.45) is 17.3 Å². The number of hydrogen-bond donors (Lipinski definition) is 2. The van der Waals surface area contributed by atoms with Crippen molar-refractivity contribution in [2.45, 2.75) is 46.1 Å². The zero-order valence-electron chi connectivity index (χ0n) is 13.0. The van der Waals surface area contributed by atoms with E-state index in [2.05, 4.69) is 39.1 Å². The van der Waals surface area contributed by atoms with Crippen molar-refractivity contribution in [3.63, 3.8) is 0 Å². The highest BCUT2D eigenvalue weighted by molar-refractivity contribution is 5.83. The Bertz CT molecular complexity index is 404. The lowest BCUT2D eigenvalue weighted by Gasteiger charge is -2.32. The second-order valence-electron chi connectivity index (χ2n) is 7.12. The van der Waals surface area contributed by atoms with Gasteiger partial charge in [-0.15, -0.1) is 0 Å². The quantitative estimate of drug-likeness (QED) is 0.774. The third-order valence-corrected chi connectivity index (χ3v) is 4.72. The molecular formula is C16H27NO3. The molecule has 1 aliphatic carbocycles. The van der Waals surface area contributed by atoms with Crippen molar-refractivity contribution < 1.29 is 14.6 Å². The molecule has 2 fully saturated rings. The molecule has 0 aromatic heterocycles. The van der Waals surface area contributed by atoms with Crippen LogP contribution < -0.4 is 5.32 Å². The molecule has 1 amide bonds. The average Bonchev–Trinajstić information content (AvgIpc) is 2.88. The number of rotatable bonds is 4. The molecule has 114 valence electrons. The Kier molecular flexibility index (Phi) is 4.26. The predicted molar refractivity (Wildman–Crippen MR) is 78.2 cm³/mol. The molecule has 1 aliphatic heterocycles. The molecule has 0 bridgehead atoms. The van der Waals surface area contributed by atoms with Crippen molar-refractivity contribution in [2.75, 3.05) is 19.8 Å². The smallest absolute Gasteiger partial charge is 0.224 e. The zero-order valence-corrected chi connectivity index (χ0v) is 13.0. The van der Waals surface area contributed by atoms with Gasteiger partial charge >= 0.3 is 0 Å². The molecule has 2 rings (SSSR count). The largest absolute Gasteiger partial charge is 0.388 e. The maximum absolute atomic E-state index is 12.3. The first-order valence-corrected chi connectivity index (χ1v) is 7.49. The van der Waals surface area contributed by atoms with Crippen LogP contribution in [0.2, 0.25) is 0 Å². The van der Waals surface area contributed by atoms with Gasteiger partial charge in [0.25, 0.3) is 0 Å². The minimum absolute atomic E-state index is 0.0274. The standard InChI is InChI=1S/C16H27NO3/c1-11(2)9-12-13(15(12,3)4)14(18)17-10-16(19)5-7-20-8-6-16/h9,12-13,19H,5-8,10H2,1-4H3,(H,17,18)/t12-,13+/m0/s1. The van der Waals surface area contributed by atoms with E-state index in [0.29, 0.717) is 38.5 Å². The van der Waals surface area contributed by atoms with E-state index < -0.39 is 5.60 Å². The molecule has 0 aromatic rings. The van der Waals surface area contributed by atoms with Gasteiger partial charge in [-0.3, -0.25) is 4.79 Å². The van der Waals surface area contributed by atoms with Crippen LogP contribution in [0.4, 0.5) is 0 Å². The number of amides is 1. The fourth-order valence-corrected chi connectivity index (χ4v) is 3.14. The minimum atomic E-state index is -0.793. The van der Waals surface area contributed by atoms with Gasteiger partial charge in [-0.2, -0.15) is 0 Å². The number of carbonyl (C=O) groups is 1. The molecule has 20 heavy (non-hydrogen) atoms. The molecule has 0 radical (unpaired) electrons. The Labute approximate surface area is 121 Å². The summed E-state index contributed by atoms with van der Waals surface area (Å²) in [7, 11) is 0. The number of hydrogen-bond acceptors (Lipinski definition) is 3. The summed E-state index contributed by atoms with van der Waals surface area (Å²) in [6.45, 7) is 9.87. The maximum Gasteiger partial charge on any atom is 0.224 e. The van der Waals surface area contributed by atoms with Crippen LogP contribution in [0.15, 0.2) is 11.6 Å². The molecule has 2 N–H and O–H groups in total. The second-order valence-corrected chi connectivity index (χ2v) is 7.12. The average molecular weight is 281 g/mol. The van der Waals surface area contributed by atoms with Crippen molar-refractivity contribution in [1.82, 2.24) is 5.32 Å². The first-order valence-electron chi connectivity index (χ1n) is 7.49. The summed E-state index contributed by atoms with van der Waals surface area (Å²) in [6, 6.07) is 0. The fraction of sp³-hybridized carbons (Fsp3) is 0.812. The van der Waals surface area contributed by atoms with Gasteiger partial charge in [-0.25, -0.2) is 0 Å². The first kappa shape index (κ1) is 15.5. The number of allylic oxidation sites excluding steroid dienone is 2. The van der Waals surface area contributed by atoms with Crippen LogP contribution in [-0.2, 0) is 9.53 Å². The monoisotopic (exact) mass is 281 g/mol. The number of carbonyl (C=O) groups excluding carboxylic acids is 1. The predicted octanol–water partition coefficient (Wildman–Crippen LogP) is 1.88. The fourth-order valence-electron chi connectivity index (χ4n) is 3.14. The summed E-state index contributed by atoms with van der Waals surface area (Å²) in [6.07, 6.45) is 3.38. The molecule has 2 aliphatic rings. The van der Waals surface area contributed by atoms with E-state index in [-0.39, 0.29) is 17.2 Å². The molecule has 4 nitrogen and oxygen atoms in total. The highest BCUT2D eigenvalue weighted by Gasteiger charge is 2.60. The molecule has 0 unspecified atom stereocenters. The Morgan fingerprint density at radius 3 is 2.50 bits per heavy atom. The molecule has 1 saturated carbocycles. The Balaban J connectivity index is 1.88. The van der Waals surface area contributed by atoms with Crippen LogP contribution in [0.25, 0.3) is 0 Å². The van der Waals surface area contributed by atoms with Crippen LogP contribution in [0, 0.1) is 17.3 Å². The van der Waals surface area contributed by atoms with Crippen LogP contribution in [-0.4, -0.2) is 36.4 Å². The van der Waals surface area contributed by atoms with E-state index in [1.165, 1.54) is 5.57 Å². The summed E-state index contributed by atoms with van der Waals surface area (Å²) in [5.41, 5.74) is 0.486. The van der Waals surface area contributed by atoms with Gasteiger partial charge in [0.15, 0.2) is 0 Å². The van der Waals surface area contributed by atoms with Gasteiger partial charge in [-0.05, 0) is 25.2 Å². The normalized spacial score (nSPS) is 30.4. The zero-order chi connectivity index (χ0) is 15.0. The molecule has 1 saturated heterocycles. The lowest BCUT2D eigenvalue weighted by molar-refractivity contribution is -0.125.